The Hall–Kier alpha value is -2.56. The van der Waals surface area contributed by atoms with Crippen LogP contribution in [0.2, 0.25) is 0 Å². The van der Waals surface area contributed by atoms with Crippen molar-refractivity contribution in [1.82, 2.24) is 0 Å². The third-order valence-electron chi connectivity index (χ3n) is 6.63. The van der Waals surface area contributed by atoms with Crippen molar-refractivity contribution >= 4 is 5.97 Å². The lowest BCUT2D eigenvalue weighted by molar-refractivity contribution is 0.0697. The molecule has 0 unspecified atom stereocenters. The van der Waals surface area contributed by atoms with Crippen LogP contribution in [0.1, 0.15) is 82.0 Å². The highest BCUT2D eigenvalue weighted by Crippen LogP contribution is 2.35. The highest BCUT2D eigenvalue weighted by atomic mass is 19.1. The van der Waals surface area contributed by atoms with E-state index in [1.54, 1.807) is 24.3 Å². The minimum atomic E-state index is -1.17. The lowest BCUT2D eigenvalue weighted by Gasteiger charge is -2.28. The summed E-state index contributed by atoms with van der Waals surface area (Å²) in [6.45, 7) is 5.23. The van der Waals surface area contributed by atoms with E-state index in [1.807, 2.05) is 6.92 Å². The maximum atomic E-state index is 15.1. The summed E-state index contributed by atoms with van der Waals surface area (Å²) in [6, 6.07) is 9.74. The molecular formula is C28H37FO4. The third kappa shape index (κ3) is 6.96. The van der Waals surface area contributed by atoms with Gasteiger partial charge in [0.25, 0.3) is 0 Å². The maximum absolute atomic E-state index is 15.1. The van der Waals surface area contributed by atoms with E-state index in [0.29, 0.717) is 24.5 Å². The van der Waals surface area contributed by atoms with Crippen LogP contribution in [0, 0.1) is 17.7 Å². The summed E-state index contributed by atoms with van der Waals surface area (Å²) in [5, 5.41) is 9.53. The minimum Gasteiger partial charge on any atom is -0.494 e. The Bertz CT molecular complexity index is 886. The molecule has 5 heteroatoms. The molecule has 3 rings (SSSR count). The molecule has 1 aliphatic rings. The number of carbonyl (C=O) groups is 1. The molecule has 0 saturated heterocycles. The molecule has 1 aliphatic carbocycles. The first-order valence-corrected chi connectivity index (χ1v) is 12.4. The molecule has 180 valence electrons. The SMILES string of the molecule is CCCOc1ccc(C(=O)O)c(-c2ccc(OCCCC3CCC(CCC)CC3)cc2)c1F. The van der Waals surface area contributed by atoms with Gasteiger partial charge in [0, 0.05) is 5.56 Å². The van der Waals surface area contributed by atoms with E-state index in [9.17, 15) is 9.90 Å². The fourth-order valence-electron chi connectivity index (χ4n) is 4.84. The van der Waals surface area contributed by atoms with Crippen molar-refractivity contribution in [3.05, 3.63) is 47.8 Å². The summed E-state index contributed by atoms with van der Waals surface area (Å²) in [5.74, 6) is 0.720. The molecule has 0 amide bonds. The number of aromatic carboxylic acids is 1. The van der Waals surface area contributed by atoms with Gasteiger partial charge in [0.2, 0.25) is 0 Å². The minimum absolute atomic E-state index is 0.0429. The van der Waals surface area contributed by atoms with E-state index in [4.69, 9.17) is 9.47 Å². The van der Waals surface area contributed by atoms with E-state index in [2.05, 4.69) is 6.92 Å². The molecule has 33 heavy (non-hydrogen) atoms. The highest BCUT2D eigenvalue weighted by Gasteiger charge is 2.21. The van der Waals surface area contributed by atoms with Gasteiger partial charge in [-0.15, -0.1) is 0 Å². The van der Waals surface area contributed by atoms with Crippen LogP contribution in [-0.4, -0.2) is 24.3 Å². The van der Waals surface area contributed by atoms with Crippen LogP contribution in [0.15, 0.2) is 36.4 Å². The third-order valence-corrected chi connectivity index (χ3v) is 6.63. The lowest BCUT2D eigenvalue weighted by Crippen LogP contribution is -2.15. The largest absolute Gasteiger partial charge is 0.494 e. The molecule has 0 aromatic heterocycles. The van der Waals surface area contributed by atoms with E-state index in [0.717, 1.165) is 24.7 Å². The van der Waals surface area contributed by atoms with Gasteiger partial charge in [-0.25, -0.2) is 9.18 Å². The van der Waals surface area contributed by atoms with E-state index in [-0.39, 0.29) is 16.9 Å². The number of halogens is 1. The Morgan fingerprint density at radius 1 is 0.909 bits per heavy atom. The molecule has 0 atom stereocenters. The molecule has 1 saturated carbocycles. The first kappa shape index (κ1) is 25.1. The summed E-state index contributed by atoms with van der Waals surface area (Å²) in [4.78, 5) is 11.7. The molecule has 2 aromatic carbocycles. The van der Waals surface area contributed by atoms with Crippen molar-refractivity contribution in [2.75, 3.05) is 13.2 Å². The van der Waals surface area contributed by atoms with Gasteiger partial charge in [0.15, 0.2) is 11.6 Å². The molecule has 0 radical (unpaired) electrons. The number of hydrogen-bond donors (Lipinski definition) is 1. The number of rotatable bonds is 12. The van der Waals surface area contributed by atoms with Crippen LogP contribution in [-0.2, 0) is 0 Å². The molecular weight excluding hydrogens is 419 g/mol. The number of hydrogen-bond acceptors (Lipinski definition) is 3. The number of ether oxygens (including phenoxy) is 2. The first-order valence-electron chi connectivity index (χ1n) is 12.4. The van der Waals surface area contributed by atoms with Gasteiger partial charge in [-0.05, 0) is 60.9 Å². The molecule has 0 spiro atoms. The van der Waals surface area contributed by atoms with Gasteiger partial charge in [0.1, 0.15) is 5.75 Å². The Balaban J connectivity index is 1.56. The number of carboxylic acid groups (broad SMARTS) is 1. The molecule has 2 aromatic rings. The molecule has 4 nitrogen and oxygen atoms in total. The zero-order chi connectivity index (χ0) is 23.6. The van der Waals surface area contributed by atoms with Crippen molar-refractivity contribution in [2.45, 2.75) is 71.6 Å². The Morgan fingerprint density at radius 2 is 1.58 bits per heavy atom. The predicted octanol–water partition coefficient (Wildman–Crippen LogP) is 7.75. The van der Waals surface area contributed by atoms with Crippen LogP contribution in [0.4, 0.5) is 4.39 Å². The van der Waals surface area contributed by atoms with Gasteiger partial charge in [-0.2, -0.15) is 0 Å². The van der Waals surface area contributed by atoms with Crippen LogP contribution in [0.3, 0.4) is 0 Å². The fourth-order valence-corrected chi connectivity index (χ4v) is 4.84. The summed E-state index contributed by atoms with van der Waals surface area (Å²) in [7, 11) is 0. The second-order valence-electron chi connectivity index (χ2n) is 9.14. The Morgan fingerprint density at radius 3 is 2.18 bits per heavy atom. The molecule has 1 fully saturated rings. The fraction of sp³-hybridized carbons (Fsp3) is 0.536. The van der Waals surface area contributed by atoms with Crippen LogP contribution in [0.25, 0.3) is 11.1 Å². The first-order chi connectivity index (χ1) is 16.0. The molecule has 1 N–H and O–H groups in total. The smallest absolute Gasteiger partial charge is 0.336 e. The zero-order valence-electron chi connectivity index (χ0n) is 19.9. The van der Waals surface area contributed by atoms with Crippen LogP contribution >= 0.6 is 0 Å². The number of benzene rings is 2. The summed E-state index contributed by atoms with van der Waals surface area (Å²) >= 11 is 0. The topological polar surface area (TPSA) is 55.8 Å². The Kier molecular flexibility index (Phi) is 9.59. The van der Waals surface area contributed by atoms with Crippen molar-refractivity contribution < 1.29 is 23.8 Å². The van der Waals surface area contributed by atoms with Crippen LogP contribution in [0.5, 0.6) is 11.5 Å². The quantitative estimate of drug-likeness (QED) is 0.332. The van der Waals surface area contributed by atoms with E-state index in [1.165, 1.54) is 57.1 Å². The Labute approximate surface area is 197 Å². The average Bonchev–Trinajstić information content (AvgIpc) is 2.82. The normalized spacial score (nSPS) is 18.2. The second-order valence-corrected chi connectivity index (χ2v) is 9.14. The lowest BCUT2D eigenvalue weighted by atomic mass is 9.78. The van der Waals surface area contributed by atoms with Crippen molar-refractivity contribution in [3.63, 3.8) is 0 Å². The monoisotopic (exact) mass is 456 g/mol. The van der Waals surface area contributed by atoms with Crippen molar-refractivity contribution in [1.29, 1.82) is 0 Å². The standard InChI is InChI=1S/C28H37FO4/c1-3-6-20-8-10-21(11-9-20)7-5-19-32-23-14-12-22(13-15-23)26-24(28(30)31)16-17-25(27(26)29)33-18-4-2/h12-17,20-21H,3-11,18-19H2,1-2H3,(H,30,31). The zero-order valence-corrected chi connectivity index (χ0v) is 19.9. The van der Waals surface area contributed by atoms with E-state index >= 15 is 4.39 Å². The average molecular weight is 457 g/mol. The summed E-state index contributed by atoms with van der Waals surface area (Å²) < 4.78 is 26.4. The van der Waals surface area contributed by atoms with E-state index < -0.39 is 11.8 Å². The van der Waals surface area contributed by atoms with Gasteiger partial charge in [-0.3, -0.25) is 0 Å². The summed E-state index contributed by atoms with van der Waals surface area (Å²) in [5.41, 5.74) is 0.447. The maximum Gasteiger partial charge on any atom is 0.336 e. The molecule has 0 heterocycles. The molecule has 0 aliphatic heterocycles. The van der Waals surface area contributed by atoms with Gasteiger partial charge < -0.3 is 14.6 Å². The van der Waals surface area contributed by atoms with Gasteiger partial charge >= 0.3 is 5.97 Å². The van der Waals surface area contributed by atoms with Gasteiger partial charge in [0.05, 0.1) is 18.8 Å². The predicted molar refractivity (Wildman–Crippen MR) is 130 cm³/mol. The van der Waals surface area contributed by atoms with Crippen molar-refractivity contribution in [3.8, 4) is 22.6 Å². The second kappa shape index (κ2) is 12.6. The highest BCUT2D eigenvalue weighted by molar-refractivity contribution is 5.96. The van der Waals surface area contributed by atoms with Gasteiger partial charge in [-0.1, -0.05) is 64.5 Å². The number of carboxylic acids is 1. The molecule has 0 bridgehead atoms. The summed E-state index contributed by atoms with van der Waals surface area (Å²) in [6.07, 6.45) is 11.1. The van der Waals surface area contributed by atoms with Crippen molar-refractivity contribution in [2.24, 2.45) is 11.8 Å². The van der Waals surface area contributed by atoms with Crippen LogP contribution < -0.4 is 9.47 Å².